The molecule has 0 radical (unpaired) electrons. The first-order chi connectivity index (χ1) is 5.20. The summed E-state index contributed by atoms with van der Waals surface area (Å²) in [6, 6.07) is 7.68. The first-order valence-corrected chi connectivity index (χ1v) is 4.70. The number of hydrogen-bond acceptors (Lipinski definition) is 1. The van der Waals surface area contributed by atoms with Gasteiger partial charge in [0.15, 0.2) is 0 Å². The lowest BCUT2D eigenvalue weighted by Gasteiger charge is -1.98. The summed E-state index contributed by atoms with van der Waals surface area (Å²) in [5.41, 5.74) is 1.01. The molecule has 0 aliphatic heterocycles. The van der Waals surface area contributed by atoms with Gasteiger partial charge in [-0.05, 0) is 27.6 Å². The Morgan fingerprint density at radius 2 is 2.00 bits per heavy atom. The molecule has 11 heavy (non-hydrogen) atoms. The molecule has 0 unspecified atom stereocenters. The van der Waals surface area contributed by atoms with Gasteiger partial charge in [0.05, 0.1) is 0 Å². The van der Waals surface area contributed by atoms with Gasteiger partial charge in [0, 0.05) is 10.9 Å². The molecule has 58 valence electrons. The average molecular weight is 278 g/mol. The van der Waals surface area contributed by atoms with Crippen molar-refractivity contribution >= 4 is 36.6 Å². The molecule has 0 amide bonds. The van der Waals surface area contributed by atoms with Crippen molar-refractivity contribution in [2.24, 2.45) is 0 Å². The summed E-state index contributed by atoms with van der Waals surface area (Å²) in [5, 5.41) is 0. The standard InChI is InChI=1S/C8H6Br2O/c9-7-4-2-1-3-6(7)5-8(10)11/h1-4H,5H2. The van der Waals surface area contributed by atoms with Crippen LogP contribution in [0.1, 0.15) is 5.56 Å². The number of rotatable bonds is 2. The van der Waals surface area contributed by atoms with Crippen molar-refractivity contribution in [2.45, 2.75) is 6.42 Å². The van der Waals surface area contributed by atoms with Gasteiger partial charge in [-0.3, -0.25) is 4.79 Å². The van der Waals surface area contributed by atoms with Gasteiger partial charge in [0.1, 0.15) is 0 Å². The molecule has 0 saturated heterocycles. The minimum absolute atomic E-state index is 0.00407. The van der Waals surface area contributed by atoms with Crippen LogP contribution < -0.4 is 0 Å². The Kier molecular flexibility index (Phi) is 3.27. The topological polar surface area (TPSA) is 17.1 Å². The summed E-state index contributed by atoms with van der Waals surface area (Å²) < 4.78 is 0.984. The molecule has 0 aliphatic carbocycles. The zero-order chi connectivity index (χ0) is 8.27. The van der Waals surface area contributed by atoms with Crippen LogP contribution in [0.5, 0.6) is 0 Å². The Morgan fingerprint density at radius 1 is 1.36 bits per heavy atom. The SMILES string of the molecule is O=C(Br)Cc1ccccc1Br. The monoisotopic (exact) mass is 276 g/mol. The average Bonchev–Trinajstić information content (AvgIpc) is 1.93. The molecule has 0 aromatic heterocycles. The first kappa shape index (κ1) is 8.94. The fourth-order valence-corrected chi connectivity index (χ4v) is 1.52. The van der Waals surface area contributed by atoms with Gasteiger partial charge >= 0.3 is 0 Å². The smallest absolute Gasteiger partial charge is 0.202 e. The van der Waals surface area contributed by atoms with E-state index in [0.717, 1.165) is 10.0 Å². The van der Waals surface area contributed by atoms with Crippen LogP contribution in [0.2, 0.25) is 0 Å². The second-order valence-corrected chi connectivity index (χ2v) is 3.86. The van der Waals surface area contributed by atoms with Crippen LogP contribution in [0.3, 0.4) is 0 Å². The van der Waals surface area contributed by atoms with Crippen LogP contribution in [0, 0.1) is 0 Å². The van der Waals surface area contributed by atoms with Crippen LogP contribution in [0.4, 0.5) is 0 Å². The maximum atomic E-state index is 10.7. The third kappa shape index (κ3) is 2.75. The van der Waals surface area contributed by atoms with E-state index in [1.165, 1.54) is 0 Å². The minimum atomic E-state index is 0.00407. The molecule has 0 bridgehead atoms. The van der Waals surface area contributed by atoms with E-state index >= 15 is 0 Å². The molecular weight excluding hydrogens is 272 g/mol. The van der Waals surface area contributed by atoms with Crippen molar-refractivity contribution in [3.63, 3.8) is 0 Å². The number of carbonyl (C=O) groups excluding carboxylic acids is 1. The zero-order valence-corrected chi connectivity index (χ0v) is 8.85. The lowest BCUT2D eigenvalue weighted by atomic mass is 10.2. The minimum Gasteiger partial charge on any atom is -0.286 e. The van der Waals surface area contributed by atoms with E-state index < -0.39 is 0 Å². The quantitative estimate of drug-likeness (QED) is 0.760. The fraction of sp³-hybridized carbons (Fsp3) is 0.125. The highest BCUT2D eigenvalue weighted by Gasteiger charge is 2.01. The number of benzene rings is 1. The molecule has 0 atom stereocenters. The van der Waals surface area contributed by atoms with Crippen LogP contribution in [0.25, 0.3) is 0 Å². The maximum Gasteiger partial charge on any atom is 0.202 e. The third-order valence-electron chi connectivity index (χ3n) is 1.29. The molecule has 0 aliphatic rings. The summed E-state index contributed by atoms with van der Waals surface area (Å²) in [5.74, 6) is 0. The van der Waals surface area contributed by atoms with Gasteiger partial charge in [-0.2, -0.15) is 0 Å². The largest absolute Gasteiger partial charge is 0.286 e. The third-order valence-corrected chi connectivity index (χ3v) is 2.34. The van der Waals surface area contributed by atoms with Crippen molar-refractivity contribution < 1.29 is 4.79 Å². The molecule has 0 spiro atoms. The molecule has 0 heterocycles. The molecule has 0 fully saturated rings. The van der Waals surface area contributed by atoms with Crippen LogP contribution in [-0.2, 0) is 11.2 Å². The summed E-state index contributed by atoms with van der Waals surface area (Å²) in [4.78, 5) is 10.7. The summed E-state index contributed by atoms with van der Waals surface area (Å²) >= 11 is 6.24. The highest BCUT2D eigenvalue weighted by molar-refractivity contribution is 9.18. The molecule has 3 heteroatoms. The van der Waals surface area contributed by atoms with E-state index in [4.69, 9.17) is 0 Å². The van der Waals surface area contributed by atoms with Gasteiger partial charge in [-0.15, -0.1) is 0 Å². The normalized spacial score (nSPS) is 9.64. The van der Waals surface area contributed by atoms with Gasteiger partial charge in [0.2, 0.25) is 4.69 Å². The fourth-order valence-electron chi connectivity index (χ4n) is 0.791. The molecule has 1 aromatic rings. The Labute approximate surface area is 82.1 Å². The molecule has 1 nitrogen and oxygen atoms in total. The number of carbonyl (C=O) groups is 1. The molecule has 0 saturated carbocycles. The van der Waals surface area contributed by atoms with E-state index in [-0.39, 0.29) is 4.69 Å². The van der Waals surface area contributed by atoms with Crippen LogP contribution in [0.15, 0.2) is 28.7 Å². The predicted molar refractivity (Wildman–Crippen MR) is 51.8 cm³/mol. The van der Waals surface area contributed by atoms with Crippen molar-refractivity contribution in [3.05, 3.63) is 34.3 Å². The second kappa shape index (κ2) is 4.02. The van der Waals surface area contributed by atoms with E-state index in [1.807, 2.05) is 24.3 Å². The zero-order valence-electron chi connectivity index (χ0n) is 5.68. The molecular formula is C8H6Br2O. The van der Waals surface area contributed by atoms with Gasteiger partial charge in [0.25, 0.3) is 0 Å². The maximum absolute atomic E-state index is 10.7. The van der Waals surface area contributed by atoms with E-state index in [2.05, 4.69) is 31.9 Å². The highest BCUT2D eigenvalue weighted by atomic mass is 79.9. The Bertz CT molecular complexity index is 271. The summed E-state index contributed by atoms with van der Waals surface area (Å²) in [6.45, 7) is 0. The number of halogens is 2. The molecule has 0 N–H and O–H groups in total. The Balaban J connectivity index is 2.86. The molecule has 1 aromatic carbocycles. The number of hydrogen-bond donors (Lipinski definition) is 0. The van der Waals surface area contributed by atoms with Crippen molar-refractivity contribution in [2.75, 3.05) is 0 Å². The van der Waals surface area contributed by atoms with Crippen molar-refractivity contribution in [1.29, 1.82) is 0 Å². The Morgan fingerprint density at radius 3 is 2.55 bits per heavy atom. The van der Waals surface area contributed by atoms with Gasteiger partial charge in [-0.1, -0.05) is 34.1 Å². The van der Waals surface area contributed by atoms with Gasteiger partial charge < -0.3 is 0 Å². The second-order valence-electron chi connectivity index (χ2n) is 2.12. The lowest BCUT2D eigenvalue weighted by Crippen LogP contribution is -1.92. The predicted octanol–water partition coefficient (Wildman–Crippen LogP) is 2.91. The van der Waals surface area contributed by atoms with Gasteiger partial charge in [-0.25, -0.2) is 0 Å². The summed E-state index contributed by atoms with van der Waals surface area (Å²) in [6.07, 6.45) is 0.432. The highest BCUT2D eigenvalue weighted by Crippen LogP contribution is 2.17. The van der Waals surface area contributed by atoms with Crippen LogP contribution in [-0.4, -0.2) is 4.69 Å². The van der Waals surface area contributed by atoms with Crippen molar-refractivity contribution in [3.8, 4) is 0 Å². The van der Waals surface area contributed by atoms with Crippen LogP contribution >= 0.6 is 31.9 Å². The first-order valence-electron chi connectivity index (χ1n) is 3.12. The van der Waals surface area contributed by atoms with E-state index in [9.17, 15) is 4.79 Å². The Hall–Kier alpha value is -0.150. The van der Waals surface area contributed by atoms with E-state index in [1.54, 1.807) is 0 Å². The lowest BCUT2D eigenvalue weighted by molar-refractivity contribution is -0.109. The van der Waals surface area contributed by atoms with Crippen molar-refractivity contribution in [1.82, 2.24) is 0 Å². The summed E-state index contributed by atoms with van der Waals surface area (Å²) in [7, 11) is 0. The van der Waals surface area contributed by atoms with E-state index in [0.29, 0.717) is 6.42 Å². The molecule has 1 rings (SSSR count).